The Kier molecular flexibility index (Phi) is 5.98. The quantitative estimate of drug-likeness (QED) is 0.803. The van der Waals surface area contributed by atoms with Crippen molar-refractivity contribution in [2.75, 3.05) is 7.11 Å². The number of benzene rings is 2. The van der Waals surface area contributed by atoms with Gasteiger partial charge in [0, 0.05) is 6.20 Å². The van der Waals surface area contributed by atoms with Crippen molar-refractivity contribution in [1.29, 1.82) is 0 Å². The first-order chi connectivity index (χ1) is 11.1. The van der Waals surface area contributed by atoms with Crippen molar-refractivity contribution in [2.45, 2.75) is 26.8 Å². The van der Waals surface area contributed by atoms with Crippen molar-refractivity contribution in [3.05, 3.63) is 77.5 Å². The van der Waals surface area contributed by atoms with Crippen LogP contribution in [0.2, 0.25) is 0 Å². The van der Waals surface area contributed by atoms with Crippen molar-refractivity contribution in [3.8, 4) is 5.75 Å². The number of allylic oxidation sites excluding steroid dienone is 1. The van der Waals surface area contributed by atoms with E-state index >= 15 is 0 Å². The van der Waals surface area contributed by atoms with Gasteiger partial charge in [-0.25, -0.2) is 0 Å². The fraction of sp³-hybridized carbons (Fsp3) is 0.250. The van der Waals surface area contributed by atoms with E-state index in [0.29, 0.717) is 13.0 Å². The summed E-state index contributed by atoms with van der Waals surface area (Å²) in [5.41, 5.74) is 3.32. The van der Waals surface area contributed by atoms with E-state index in [1.807, 2.05) is 43.5 Å². The Balaban J connectivity index is 2.06. The fourth-order valence-corrected chi connectivity index (χ4v) is 2.31. The number of amides is 1. The lowest BCUT2D eigenvalue weighted by molar-refractivity contribution is -0.128. The summed E-state index contributed by atoms with van der Waals surface area (Å²) >= 11 is 0. The molecule has 0 unspecified atom stereocenters. The number of ether oxygens (including phenoxy) is 1. The summed E-state index contributed by atoms with van der Waals surface area (Å²) in [7, 11) is 1.63. The highest BCUT2D eigenvalue weighted by molar-refractivity contribution is 5.79. The summed E-state index contributed by atoms with van der Waals surface area (Å²) < 4.78 is 5.14. The summed E-state index contributed by atoms with van der Waals surface area (Å²) in [6.45, 7) is 4.56. The molecule has 0 fully saturated rings. The summed E-state index contributed by atoms with van der Waals surface area (Å²) in [6, 6.07) is 15.9. The first kappa shape index (κ1) is 16.8. The summed E-state index contributed by atoms with van der Waals surface area (Å²) in [6.07, 6.45) is 4.10. The number of nitrogens with zero attached hydrogens (tertiary/aromatic N) is 1. The number of aryl methyl sites for hydroxylation is 1. The van der Waals surface area contributed by atoms with Crippen LogP contribution in [-0.2, 0) is 17.8 Å². The molecule has 0 aliphatic rings. The minimum atomic E-state index is 0.0776. The Morgan fingerprint density at radius 3 is 2.22 bits per heavy atom. The van der Waals surface area contributed by atoms with Gasteiger partial charge in [0.15, 0.2) is 0 Å². The summed E-state index contributed by atoms with van der Waals surface area (Å²) in [5.74, 6) is 0.875. The zero-order chi connectivity index (χ0) is 16.7. The number of hydrogen-bond acceptors (Lipinski definition) is 2. The molecule has 0 saturated carbocycles. The van der Waals surface area contributed by atoms with E-state index in [2.05, 4.69) is 31.2 Å². The van der Waals surface area contributed by atoms with Crippen LogP contribution < -0.4 is 4.74 Å². The first-order valence-corrected chi connectivity index (χ1v) is 7.73. The Labute approximate surface area is 138 Å². The highest BCUT2D eigenvalue weighted by Gasteiger charge is 2.12. The Bertz CT molecular complexity index is 657. The third kappa shape index (κ3) is 4.99. The monoisotopic (exact) mass is 309 g/mol. The lowest BCUT2D eigenvalue weighted by Crippen LogP contribution is -2.26. The third-order valence-corrected chi connectivity index (χ3v) is 3.64. The molecule has 2 rings (SSSR count). The number of rotatable bonds is 6. The van der Waals surface area contributed by atoms with Crippen LogP contribution in [0.15, 0.2) is 60.8 Å². The fourth-order valence-electron chi connectivity index (χ4n) is 2.31. The third-order valence-electron chi connectivity index (χ3n) is 3.64. The zero-order valence-electron chi connectivity index (χ0n) is 14.0. The van der Waals surface area contributed by atoms with Gasteiger partial charge in [0.05, 0.1) is 20.1 Å². The predicted molar refractivity (Wildman–Crippen MR) is 93.2 cm³/mol. The van der Waals surface area contributed by atoms with Gasteiger partial charge in [0.2, 0.25) is 5.91 Å². The average molecular weight is 309 g/mol. The van der Waals surface area contributed by atoms with Crippen molar-refractivity contribution >= 4 is 5.91 Å². The molecule has 0 aliphatic heterocycles. The molecule has 1 amide bonds. The SMILES string of the molecule is CC=CN(Cc1ccc(C)cc1)C(=O)Cc1ccc(OC)cc1. The van der Waals surface area contributed by atoms with Gasteiger partial charge in [-0.05, 0) is 37.1 Å². The Morgan fingerprint density at radius 1 is 1.04 bits per heavy atom. The van der Waals surface area contributed by atoms with E-state index in [-0.39, 0.29) is 5.91 Å². The molecule has 0 radical (unpaired) electrons. The van der Waals surface area contributed by atoms with Crippen LogP contribution in [0.4, 0.5) is 0 Å². The van der Waals surface area contributed by atoms with Gasteiger partial charge in [0.25, 0.3) is 0 Å². The molecule has 120 valence electrons. The van der Waals surface area contributed by atoms with E-state index in [1.165, 1.54) is 5.56 Å². The largest absolute Gasteiger partial charge is 0.497 e. The normalized spacial score (nSPS) is 10.7. The second-order valence-corrected chi connectivity index (χ2v) is 5.51. The minimum absolute atomic E-state index is 0.0776. The number of methoxy groups -OCH3 is 1. The molecule has 0 saturated heterocycles. The molecule has 0 spiro atoms. The maximum Gasteiger partial charge on any atom is 0.231 e. The first-order valence-electron chi connectivity index (χ1n) is 7.73. The van der Waals surface area contributed by atoms with Crippen molar-refractivity contribution in [3.63, 3.8) is 0 Å². The Morgan fingerprint density at radius 2 is 1.65 bits per heavy atom. The van der Waals surface area contributed by atoms with Gasteiger partial charge in [-0.2, -0.15) is 0 Å². The highest BCUT2D eigenvalue weighted by Crippen LogP contribution is 2.14. The zero-order valence-corrected chi connectivity index (χ0v) is 14.0. The molecule has 0 bridgehead atoms. The maximum atomic E-state index is 12.6. The standard InChI is InChI=1S/C20H23NO2/c1-4-13-21(15-18-7-5-16(2)6-8-18)20(22)14-17-9-11-19(23-3)12-10-17/h4-13H,14-15H2,1-3H3. The molecule has 3 nitrogen and oxygen atoms in total. The lowest BCUT2D eigenvalue weighted by atomic mass is 10.1. The van der Waals surface area contributed by atoms with E-state index in [9.17, 15) is 4.79 Å². The number of hydrogen-bond donors (Lipinski definition) is 0. The van der Waals surface area contributed by atoms with Crippen molar-refractivity contribution < 1.29 is 9.53 Å². The van der Waals surface area contributed by atoms with Crippen LogP contribution in [0.25, 0.3) is 0 Å². The molecule has 2 aromatic rings. The molecule has 23 heavy (non-hydrogen) atoms. The predicted octanol–water partition coefficient (Wildman–Crippen LogP) is 4.11. The molecular formula is C20H23NO2. The molecule has 0 aromatic heterocycles. The summed E-state index contributed by atoms with van der Waals surface area (Å²) in [4.78, 5) is 14.3. The topological polar surface area (TPSA) is 29.5 Å². The van der Waals surface area contributed by atoms with Crippen molar-refractivity contribution in [2.24, 2.45) is 0 Å². The van der Waals surface area contributed by atoms with Crippen LogP contribution >= 0.6 is 0 Å². The molecule has 0 N–H and O–H groups in total. The van der Waals surface area contributed by atoms with Gasteiger partial charge >= 0.3 is 0 Å². The van der Waals surface area contributed by atoms with Crippen LogP contribution in [-0.4, -0.2) is 17.9 Å². The molecule has 0 atom stereocenters. The summed E-state index contributed by atoms with van der Waals surface area (Å²) in [5, 5.41) is 0. The number of carbonyl (C=O) groups is 1. The second kappa shape index (κ2) is 8.18. The van der Waals surface area contributed by atoms with Gasteiger partial charge in [0.1, 0.15) is 5.75 Å². The molecule has 3 heteroatoms. The molecule has 0 heterocycles. The lowest BCUT2D eigenvalue weighted by Gasteiger charge is -2.19. The molecule has 0 aliphatic carbocycles. The van der Waals surface area contributed by atoms with E-state index in [0.717, 1.165) is 16.9 Å². The smallest absolute Gasteiger partial charge is 0.231 e. The average Bonchev–Trinajstić information content (AvgIpc) is 2.57. The molecule has 2 aromatic carbocycles. The van der Waals surface area contributed by atoms with Gasteiger partial charge in [-0.15, -0.1) is 0 Å². The van der Waals surface area contributed by atoms with Crippen LogP contribution in [0.5, 0.6) is 5.75 Å². The number of carbonyl (C=O) groups excluding carboxylic acids is 1. The van der Waals surface area contributed by atoms with Gasteiger partial charge < -0.3 is 9.64 Å². The van der Waals surface area contributed by atoms with Crippen LogP contribution in [0.3, 0.4) is 0 Å². The van der Waals surface area contributed by atoms with Gasteiger partial charge in [-0.3, -0.25) is 4.79 Å². The maximum absolute atomic E-state index is 12.6. The van der Waals surface area contributed by atoms with E-state index in [1.54, 1.807) is 12.0 Å². The Hall–Kier alpha value is -2.55. The van der Waals surface area contributed by atoms with Crippen molar-refractivity contribution in [1.82, 2.24) is 4.90 Å². The van der Waals surface area contributed by atoms with E-state index < -0.39 is 0 Å². The second-order valence-electron chi connectivity index (χ2n) is 5.51. The minimum Gasteiger partial charge on any atom is -0.497 e. The highest BCUT2D eigenvalue weighted by atomic mass is 16.5. The van der Waals surface area contributed by atoms with Gasteiger partial charge in [-0.1, -0.05) is 48.0 Å². The van der Waals surface area contributed by atoms with Crippen LogP contribution in [0, 0.1) is 6.92 Å². The molecular weight excluding hydrogens is 286 g/mol. The van der Waals surface area contributed by atoms with Crippen LogP contribution in [0.1, 0.15) is 23.6 Å². The van der Waals surface area contributed by atoms with E-state index in [4.69, 9.17) is 4.74 Å².